The molecule has 1 N–H and O–H groups in total. The Balaban J connectivity index is 2.47. The Hall–Kier alpha value is -1.53. The SMILES string of the molecule is O=[N+]([O-])c1cc(Cl)cc2c1O[C@H](CO)CO2. The lowest BCUT2D eigenvalue weighted by molar-refractivity contribution is -0.386. The molecule has 0 radical (unpaired) electrons. The molecule has 16 heavy (non-hydrogen) atoms. The minimum Gasteiger partial charge on any atom is -0.485 e. The Labute approximate surface area is 95.5 Å². The standard InChI is InChI=1S/C9H8ClNO5/c10-5-1-7(11(13)14)9-8(2-5)15-4-6(3-12)16-9/h1-2,6,12H,3-4H2/t6-/m1/s1. The molecule has 1 atom stereocenters. The Bertz CT molecular complexity index is 436. The maximum absolute atomic E-state index is 10.8. The van der Waals surface area contributed by atoms with Crippen LogP contribution in [0.2, 0.25) is 5.02 Å². The summed E-state index contributed by atoms with van der Waals surface area (Å²) in [6.07, 6.45) is -0.590. The number of fused-ring (bicyclic) bond motifs is 1. The van der Waals surface area contributed by atoms with Gasteiger partial charge in [0, 0.05) is 12.1 Å². The molecule has 7 heteroatoms. The molecule has 0 aromatic heterocycles. The first kappa shape index (κ1) is 11.0. The van der Waals surface area contributed by atoms with E-state index in [1.54, 1.807) is 0 Å². The number of hydrogen-bond donors (Lipinski definition) is 1. The van der Waals surface area contributed by atoms with Crippen molar-refractivity contribution < 1.29 is 19.5 Å². The summed E-state index contributed by atoms with van der Waals surface area (Å²) in [6.45, 7) is -0.125. The molecule has 86 valence electrons. The second-order valence-corrected chi connectivity index (χ2v) is 3.68. The molecule has 1 aromatic carbocycles. The molecule has 0 aliphatic carbocycles. The molecular weight excluding hydrogens is 238 g/mol. The van der Waals surface area contributed by atoms with Crippen LogP contribution in [0.15, 0.2) is 12.1 Å². The third kappa shape index (κ3) is 1.89. The molecule has 0 fully saturated rings. The number of ether oxygens (including phenoxy) is 2. The van der Waals surface area contributed by atoms with Crippen molar-refractivity contribution in [2.45, 2.75) is 6.10 Å². The number of nitro benzene ring substituents is 1. The highest BCUT2D eigenvalue weighted by Gasteiger charge is 2.29. The molecule has 0 spiro atoms. The average molecular weight is 246 g/mol. The van der Waals surface area contributed by atoms with E-state index in [1.165, 1.54) is 12.1 Å². The summed E-state index contributed by atoms with van der Waals surface area (Å²) in [5.74, 6) is 0.239. The van der Waals surface area contributed by atoms with Crippen LogP contribution in [0.25, 0.3) is 0 Å². The smallest absolute Gasteiger partial charge is 0.316 e. The molecular formula is C9H8ClNO5. The van der Waals surface area contributed by atoms with Crippen LogP contribution < -0.4 is 9.47 Å². The first-order chi connectivity index (χ1) is 7.61. The molecule has 0 amide bonds. The number of hydrogen-bond acceptors (Lipinski definition) is 5. The van der Waals surface area contributed by atoms with Gasteiger partial charge in [0.15, 0.2) is 11.9 Å². The van der Waals surface area contributed by atoms with Crippen LogP contribution in [0.1, 0.15) is 0 Å². The van der Waals surface area contributed by atoms with Gasteiger partial charge in [0.05, 0.1) is 16.6 Å². The molecule has 0 bridgehead atoms. The monoisotopic (exact) mass is 245 g/mol. The molecule has 0 saturated carbocycles. The van der Waals surface area contributed by atoms with E-state index >= 15 is 0 Å². The second-order valence-electron chi connectivity index (χ2n) is 3.24. The highest BCUT2D eigenvalue weighted by atomic mass is 35.5. The Kier molecular flexibility index (Phi) is 2.84. The number of rotatable bonds is 2. The van der Waals surface area contributed by atoms with Gasteiger partial charge in [-0.1, -0.05) is 11.6 Å². The van der Waals surface area contributed by atoms with Gasteiger partial charge in [-0.25, -0.2) is 0 Å². The van der Waals surface area contributed by atoms with Crippen molar-refractivity contribution in [3.05, 3.63) is 27.3 Å². The van der Waals surface area contributed by atoms with Gasteiger partial charge in [-0.15, -0.1) is 0 Å². The number of nitrogens with zero attached hydrogens (tertiary/aromatic N) is 1. The van der Waals surface area contributed by atoms with E-state index in [1.807, 2.05) is 0 Å². The van der Waals surface area contributed by atoms with Crippen molar-refractivity contribution in [3.8, 4) is 11.5 Å². The van der Waals surface area contributed by atoms with E-state index in [4.69, 9.17) is 26.2 Å². The average Bonchev–Trinajstić information content (AvgIpc) is 2.27. The first-order valence-electron chi connectivity index (χ1n) is 4.50. The van der Waals surface area contributed by atoms with Crippen molar-refractivity contribution >= 4 is 17.3 Å². The maximum atomic E-state index is 10.8. The van der Waals surface area contributed by atoms with Crippen LogP contribution in [-0.2, 0) is 0 Å². The summed E-state index contributed by atoms with van der Waals surface area (Å²) >= 11 is 5.71. The predicted molar refractivity (Wildman–Crippen MR) is 55.1 cm³/mol. The summed E-state index contributed by atoms with van der Waals surface area (Å²) < 4.78 is 10.5. The lowest BCUT2D eigenvalue weighted by atomic mass is 10.2. The summed E-state index contributed by atoms with van der Waals surface area (Å²) in [7, 11) is 0. The van der Waals surface area contributed by atoms with Gasteiger partial charge in [0.2, 0.25) is 5.75 Å². The van der Waals surface area contributed by atoms with Crippen LogP contribution in [0.5, 0.6) is 11.5 Å². The number of halogens is 1. The lowest BCUT2D eigenvalue weighted by Gasteiger charge is -2.24. The third-order valence-corrected chi connectivity index (χ3v) is 2.33. The van der Waals surface area contributed by atoms with E-state index < -0.39 is 11.0 Å². The van der Waals surface area contributed by atoms with Crippen LogP contribution >= 0.6 is 11.6 Å². The number of aliphatic hydroxyl groups excluding tert-OH is 1. The zero-order chi connectivity index (χ0) is 11.7. The molecule has 1 aliphatic rings. The van der Waals surface area contributed by atoms with Gasteiger partial charge in [0.1, 0.15) is 6.61 Å². The summed E-state index contributed by atoms with van der Waals surface area (Å²) in [4.78, 5) is 10.2. The van der Waals surface area contributed by atoms with Crippen LogP contribution in [-0.4, -0.2) is 29.3 Å². The molecule has 0 saturated heterocycles. The molecule has 1 heterocycles. The summed E-state index contributed by atoms with van der Waals surface area (Å²) in [5, 5.41) is 19.9. The zero-order valence-corrected chi connectivity index (χ0v) is 8.81. The first-order valence-corrected chi connectivity index (χ1v) is 4.88. The van der Waals surface area contributed by atoms with E-state index in [9.17, 15) is 10.1 Å². The van der Waals surface area contributed by atoms with Crippen LogP contribution in [0.3, 0.4) is 0 Å². The van der Waals surface area contributed by atoms with Crippen molar-refractivity contribution in [1.29, 1.82) is 0 Å². The van der Waals surface area contributed by atoms with Gasteiger partial charge in [-0.2, -0.15) is 0 Å². The highest BCUT2D eigenvalue weighted by molar-refractivity contribution is 6.31. The van der Waals surface area contributed by atoms with E-state index in [0.717, 1.165) is 0 Å². The van der Waals surface area contributed by atoms with E-state index in [2.05, 4.69) is 0 Å². The van der Waals surface area contributed by atoms with Gasteiger partial charge in [-0.05, 0) is 0 Å². The normalized spacial score (nSPS) is 18.2. The topological polar surface area (TPSA) is 81.8 Å². The van der Waals surface area contributed by atoms with E-state index in [-0.39, 0.29) is 35.4 Å². The second kappa shape index (κ2) is 4.15. The Morgan fingerprint density at radius 2 is 2.38 bits per heavy atom. The minimum absolute atomic E-state index is 0.0136. The van der Waals surface area contributed by atoms with Gasteiger partial charge in [-0.3, -0.25) is 10.1 Å². The summed E-state index contributed by atoms with van der Waals surface area (Å²) in [5.41, 5.74) is -0.263. The fourth-order valence-corrected chi connectivity index (χ4v) is 1.59. The van der Waals surface area contributed by atoms with Crippen molar-refractivity contribution in [1.82, 2.24) is 0 Å². The summed E-state index contributed by atoms with van der Waals surface area (Å²) in [6, 6.07) is 2.63. The fraction of sp³-hybridized carbons (Fsp3) is 0.333. The number of nitro groups is 1. The number of aliphatic hydroxyl groups is 1. The minimum atomic E-state index is -0.603. The molecule has 2 rings (SSSR count). The molecule has 1 aliphatic heterocycles. The zero-order valence-electron chi connectivity index (χ0n) is 8.05. The van der Waals surface area contributed by atoms with Crippen molar-refractivity contribution in [2.24, 2.45) is 0 Å². The molecule has 6 nitrogen and oxygen atoms in total. The molecule has 0 unspecified atom stereocenters. The molecule has 1 aromatic rings. The lowest BCUT2D eigenvalue weighted by Crippen LogP contribution is -2.32. The maximum Gasteiger partial charge on any atom is 0.316 e. The predicted octanol–water partition coefficient (Wildman–Crippen LogP) is 1.38. The van der Waals surface area contributed by atoms with Crippen LogP contribution in [0, 0.1) is 10.1 Å². The van der Waals surface area contributed by atoms with Crippen LogP contribution in [0.4, 0.5) is 5.69 Å². The Morgan fingerprint density at radius 3 is 3.00 bits per heavy atom. The third-order valence-electron chi connectivity index (χ3n) is 2.11. The van der Waals surface area contributed by atoms with Gasteiger partial charge >= 0.3 is 5.69 Å². The van der Waals surface area contributed by atoms with Gasteiger partial charge < -0.3 is 14.6 Å². The number of benzene rings is 1. The fourth-order valence-electron chi connectivity index (χ4n) is 1.39. The highest BCUT2D eigenvalue weighted by Crippen LogP contribution is 2.42. The van der Waals surface area contributed by atoms with E-state index in [0.29, 0.717) is 0 Å². The quantitative estimate of drug-likeness (QED) is 0.629. The van der Waals surface area contributed by atoms with Crippen molar-refractivity contribution in [3.63, 3.8) is 0 Å². The van der Waals surface area contributed by atoms with Gasteiger partial charge in [0.25, 0.3) is 0 Å². The Morgan fingerprint density at radius 1 is 1.62 bits per heavy atom. The largest absolute Gasteiger partial charge is 0.485 e. The van der Waals surface area contributed by atoms with Crippen molar-refractivity contribution in [2.75, 3.05) is 13.2 Å².